The second kappa shape index (κ2) is 6.27. The van der Waals surface area contributed by atoms with Gasteiger partial charge in [0.25, 0.3) is 0 Å². The second-order valence-corrected chi connectivity index (χ2v) is 5.33. The van der Waals surface area contributed by atoms with Gasteiger partial charge in [0.05, 0.1) is 5.56 Å². The molecule has 0 fully saturated rings. The van der Waals surface area contributed by atoms with Gasteiger partial charge in [0.2, 0.25) is 0 Å². The van der Waals surface area contributed by atoms with Crippen LogP contribution in [0.5, 0.6) is 5.75 Å². The maximum atomic E-state index is 11.4. The summed E-state index contributed by atoms with van der Waals surface area (Å²) in [6.45, 7) is 5.59. The molecular formula is C14H19NO5. The van der Waals surface area contributed by atoms with E-state index < -0.39 is 17.7 Å². The van der Waals surface area contributed by atoms with E-state index in [0.29, 0.717) is 12.0 Å². The summed E-state index contributed by atoms with van der Waals surface area (Å²) in [4.78, 5) is 22.1. The highest BCUT2D eigenvalue weighted by molar-refractivity contribution is 5.88. The first-order valence-electron chi connectivity index (χ1n) is 6.21. The van der Waals surface area contributed by atoms with Crippen molar-refractivity contribution in [3.8, 4) is 5.75 Å². The Balaban J connectivity index is 2.51. The van der Waals surface area contributed by atoms with Gasteiger partial charge in [-0.15, -0.1) is 0 Å². The molecule has 0 aliphatic heterocycles. The molecule has 0 heterocycles. The number of benzene rings is 1. The third kappa shape index (κ3) is 5.17. The van der Waals surface area contributed by atoms with Crippen molar-refractivity contribution in [1.29, 1.82) is 0 Å². The number of carboxylic acids is 1. The van der Waals surface area contributed by atoms with E-state index in [0.717, 1.165) is 0 Å². The quantitative estimate of drug-likeness (QED) is 0.786. The fourth-order valence-electron chi connectivity index (χ4n) is 1.52. The fourth-order valence-corrected chi connectivity index (χ4v) is 1.52. The molecule has 6 nitrogen and oxygen atoms in total. The van der Waals surface area contributed by atoms with E-state index in [9.17, 15) is 14.7 Å². The van der Waals surface area contributed by atoms with Gasteiger partial charge in [0.1, 0.15) is 11.4 Å². The number of rotatable bonds is 4. The number of carbonyl (C=O) groups excluding carboxylic acids is 1. The van der Waals surface area contributed by atoms with Crippen LogP contribution in [0.3, 0.4) is 0 Å². The number of hydrogen-bond acceptors (Lipinski definition) is 4. The average Bonchev–Trinajstić information content (AvgIpc) is 2.28. The van der Waals surface area contributed by atoms with Crippen LogP contribution >= 0.6 is 0 Å². The molecule has 1 rings (SSSR count). The van der Waals surface area contributed by atoms with Crippen molar-refractivity contribution in [3.63, 3.8) is 0 Å². The number of hydrogen-bond donors (Lipinski definition) is 3. The third-order valence-electron chi connectivity index (χ3n) is 2.39. The lowest BCUT2D eigenvalue weighted by Crippen LogP contribution is -2.33. The molecule has 110 valence electrons. The molecule has 20 heavy (non-hydrogen) atoms. The molecule has 3 N–H and O–H groups in total. The highest BCUT2D eigenvalue weighted by atomic mass is 16.6. The molecule has 0 saturated heterocycles. The number of nitrogens with one attached hydrogen (secondary N) is 1. The van der Waals surface area contributed by atoms with Crippen LogP contribution in [0.1, 0.15) is 36.7 Å². The lowest BCUT2D eigenvalue weighted by atomic mass is 10.1. The number of carboxylic acid groups (broad SMARTS) is 1. The number of aromatic carboxylic acids is 1. The molecule has 1 aromatic rings. The molecule has 0 bridgehead atoms. The molecule has 0 aliphatic rings. The molecule has 0 saturated carbocycles. The number of ether oxygens (including phenoxy) is 1. The molecule has 0 atom stereocenters. The van der Waals surface area contributed by atoms with Gasteiger partial charge in [-0.2, -0.15) is 0 Å². The summed E-state index contributed by atoms with van der Waals surface area (Å²) in [5.74, 6) is -1.20. The van der Waals surface area contributed by atoms with Crippen molar-refractivity contribution in [1.82, 2.24) is 5.32 Å². The van der Waals surface area contributed by atoms with Crippen LogP contribution < -0.4 is 5.32 Å². The molecule has 0 aromatic heterocycles. The Kier molecular flexibility index (Phi) is 4.96. The van der Waals surface area contributed by atoms with E-state index in [4.69, 9.17) is 9.84 Å². The zero-order valence-corrected chi connectivity index (χ0v) is 11.8. The molecular weight excluding hydrogens is 262 g/mol. The van der Waals surface area contributed by atoms with Crippen LogP contribution in [0, 0.1) is 0 Å². The minimum atomic E-state index is -1.10. The lowest BCUT2D eigenvalue weighted by Gasteiger charge is -2.19. The van der Waals surface area contributed by atoms with Gasteiger partial charge < -0.3 is 20.3 Å². The van der Waals surface area contributed by atoms with Crippen molar-refractivity contribution >= 4 is 12.1 Å². The second-order valence-electron chi connectivity index (χ2n) is 5.33. The number of phenolic OH excluding ortho intramolecular Hbond substituents is 1. The lowest BCUT2D eigenvalue weighted by molar-refractivity contribution is 0.0528. The molecule has 0 spiro atoms. The van der Waals surface area contributed by atoms with E-state index in [-0.39, 0.29) is 17.9 Å². The van der Waals surface area contributed by atoms with Gasteiger partial charge in [0.15, 0.2) is 0 Å². The van der Waals surface area contributed by atoms with Crippen LogP contribution in [-0.4, -0.2) is 34.4 Å². The minimum absolute atomic E-state index is 0.0198. The molecule has 1 aromatic carbocycles. The zero-order valence-electron chi connectivity index (χ0n) is 11.8. The first kappa shape index (κ1) is 15.8. The maximum Gasteiger partial charge on any atom is 0.407 e. The number of phenols is 1. The monoisotopic (exact) mass is 281 g/mol. The van der Waals surface area contributed by atoms with E-state index in [2.05, 4.69) is 5.32 Å². The largest absolute Gasteiger partial charge is 0.508 e. The van der Waals surface area contributed by atoms with Crippen LogP contribution in [0.25, 0.3) is 0 Å². The Bertz CT molecular complexity index is 505. The molecule has 1 amide bonds. The molecule has 0 unspecified atom stereocenters. The smallest absolute Gasteiger partial charge is 0.407 e. The van der Waals surface area contributed by atoms with E-state index in [1.54, 1.807) is 20.8 Å². The Labute approximate surface area is 117 Å². The van der Waals surface area contributed by atoms with Crippen molar-refractivity contribution in [2.75, 3.05) is 6.54 Å². The normalized spacial score (nSPS) is 10.9. The fraction of sp³-hybridized carbons (Fsp3) is 0.429. The van der Waals surface area contributed by atoms with Gasteiger partial charge >= 0.3 is 12.1 Å². The Morgan fingerprint density at radius 3 is 2.45 bits per heavy atom. The van der Waals surface area contributed by atoms with Crippen molar-refractivity contribution in [3.05, 3.63) is 29.3 Å². The Hall–Kier alpha value is -2.24. The van der Waals surface area contributed by atoms with Crippen LogP contribution in [0.2, 0.25) is 0 Å². The predicted molar refractivity (Wildman–Crippen MR) is 73.0 cm³/mol. The number of aromatic hydroxyl groups is 1. The minimum Gasteiger partial charge on any atom is -0.508 e. The molecule has 6 heteroatoms. The van der Waals surface area contributed by atoms with E-state index in [1.165, 1.54) is 18.2 Å². The van der Waals surface area contributed by atoms with E-state index >= 15 is 0 Å². The van der Waals surface area contributed by atoms with Gasteiger partial charge in [-0.05, 0) is 44.9 Å². The summed E-state index contributed by atoms with van der Waals surface area (Å²) < 4.78 is 5.07. The number of carbonyl (C=O) groups is 2. The van der Waals surface area contributed by atoms with Gasteiger partial charge in [-0.1, -0.05) is 6.07 Å². The first-order valence-corrected chi connectivity index (χ1v) is 6.21. The highest BCUT2D eigenvalue weighted by Crippen LogP contribution is 2.19. The number of amides is 1. The van der Waals surface area contributed by atoms with Gasteiger partial charge in [-0.25, -0.2) is 9.59 Å². The SMILES string of the molecule is CC(C)(C)OC(=O)NCCc1ccc(C(=O)O)cc1O. The molecule has 0 radical (unpaired) electrons. The van der Waals surface area contributed by atoms with Crippen molar-refractivity contribution in [2.45, 2.75) is 32.8 Å². The standard InChI is InChI=1S/C14H19NO5/c1-14(2,3)20-13(19)15-7-6-9-4-5-10(12(17)18)8-11(9)16/h4-5,8,16H,6-7H2,1-3H3,(H,15,19)(H,17,18). The number of alkyl carbamates (subject to hydrolysis) is 1. The summed E-state index contributed by atoms with van der Waals surface area (Å²) in [7, 11) is 0. The zero-order chi connectivity index (χ0) is 15.3. The van der Waals surface area contributed by atoms with Crippen molar-refractivity contribution < 1.29 is 24.5 Å². The maximum absolute atomic E-state index is 11.4. The third-order valence-corrected chi connectivity index (χ3v) is 2.39. The summed E-state index contributed by atoms with van der Waals surface area (Å²) in [5.41, 5.74) is 0.0208. The Morgan fingerprint density at radius 2 is 1.95 bits per heavy atom. The summed E-state index contributed by atoms with van der Waals surface area (Å²) in [5, 5.41) is 21.0. The van der Waals surface area contributed by atoms with Gasteiger partial charge in [0, 0.05) is 6.54 Å². The Morgan fingerprint density at radius 1 is 1.30 bits per heavy atom. The summed E-state index contributed by atoms with van der Waals surface area (Å²) >= 11 is 0. The van der Waals surface area contributed by atoms with E-state index in [1.807, 2.05) is 0 Å². The molecule has 0 aliphatic carbocycles. The van der Waals surface area contributed by atoms with Crippen LogP contribution in [-0.2, 0) is 11.2 Å². The predicted octanol–water partition coefficient (Wildman–Crippen LogP) is 2.16. The van der Waals surface area contributed by atoms with Crippen LogP contribution in [0.15, 0.2) is 18.2 Å². The van der Waals surface area contributed by atoms with Crippen molar-refractivity contribution in [2.24, 2.45) is 0 Å². The van der Waals surface area contributed by atoms with Gasteiger partial charge in [-0.3, -0.25) is 0 Å². The topological polar surface area (TPSA) is 95.9 Å². The average molecular weight is 281 g/mol. The summed E-state index contributed by atoms with van der Waals surface area (Å²) in [6.07, 6.45) is -0.149. The summed E-state index contributed by atoms with van der Waals surface area (Å²) in [6, 6.07) is 4.12. The van der Waals surface area contributed by atoms with Crippen LogP contribution in [0.4, 0.5) is 4.79 Å². The first-order chi connectivity index (χ1) is 9.19. The highest BCUT2D eigenvalue weighted by Gasteiger charge is 2.15.